The van der Waals surface area contributed by atoms with E-state index >= 15 is 0 Å². The third-order valence-corrected chi connectivity index (χ3v) is 6.92. The van der Waals surface area contributed by atoms with Gasteiger partial charge in [0.2, 0.25) is 5.75 Å². The molecule has 1 aromatic rings. The molecule has 1 amide bonds. The maximum atomic E-state index is 13.4. The van der Waals surface area contributed by atoms with Crippen LogP contribution in [0.5, 0.6) is 5.75 Å². The standard InChI is InChI=1S/C24H36ClN2O6/c1-3-5-10-18(9-4-2)13-16-23(29)27(32,19-11-7-6-8-12-19)33-22-15-14-21(26(30)31)20(17-28)24(22)25/h14-15,17-19,32H,3-13,16H2,1-2H3/q+1. The van der Waals surface area contributed by atoms with E-state index in [-0.39, 0.29) is 29.0 Å². The molecule has 0 aliphatic heterocycles. The molecule has 0 bridgehead atoms. The molecule has 1 aliphatic rings. The van der Waals surface area contributed by atoms with Crippen molar-refractivity contribution < 1.29 is 29.4 Å². The van der Waals surface area contributed by atoms with Crippen LogP contribution in [0.25, 0.3) is 0 Å². The molecular formula is C24H36ClN2O6+. The highest BCUT2D eigenvalue weighted by Gasteiger charge is 2.48. The van der Waals surface area contributed by atoms with E-state index in [1.54, 1.807) is 0 Å². The Labute approximate surface area is 200 Å². The van der Waals surface area contributed by atoms with E-state index in [0.29, 0.717) is 25.2 Å². The summed E-state index contributed by atoms with van der Waals surface area (Å²) < 4.78 is 0. The number of rotatable bonds is 13. The van der Waals surface area contributed by atoms with Gasteiger partial charge in [0.25, 0.3) is 5.69 Å². The summed E-state index contributed by atoms with van der Waals surface area (Å²) in [5.74, 6) is -0.174. The van der Waals surface area contributed by atoms with E-state index in [9.17, 15) is 24.9 Å². The Bertz CT molecular complexity index is 827. The zero-order chi connectivity index (χ0) is 24.4. The molecule has 184 valence electrons. The maximum absolute atomic E-state index is 13.4. The number of hydroxylamine groups is 4. The molecule has 1 aromatic carbocycles. The third kappa shape index (κ3) is 6.98. The van der Waals surface area contributed by atoms with Crippen LogP contribution < -0.4 is 4.84 Å². The summed E-state index contributed by atoms with van der Waals surface area (Å²) in [6.07, 6.45) is 10.4. The highest BCUT2D eigenvalue weighted by atomic mass is 35.5. The molecule has 1 saturated carbocycles. The normalized spacial score (nSPS) is 17.2. The zero-order valence-electron chi connectivity index (χ0n) is 19.6. The Morgan fingerprint density at radius 2 is 1.94 bits per heavy atom. The molecule has 0 saturated heterocycles. The van der Waals surface area contributed by atoms with Gasteiger partial charge in [-0.15, -0.1) is 0 Å². The quantitative estimate of drug-likeness (QED) is 0.108. The van der Waals surface area contributed by atoms with Crippen molar-refractivity contribution in [1.82, 2.24) is 0 Å². The van der Waals surface area contributed by atoms with E-state index in [2.05, 4.69) is 13.8 Å². The fraction of sp³-hybridized carbons (Fsp3) is 0.667. The van der Waals surface area contributed by atoms with Crippen molar-refractivity contribution in [3.63, 3.8) is 0 Å². The maximum Gasteiger partial charge on any atom is 0.388 e. The molecule has 8 nitrogen and oxygen atoms in total. The van der Waals surface area contributed by atoms with E-state index < -0.39 is 27.4 Å². The second kappa shape index (κ2) is 13.0. The van der Waals surface area contributed by atoms with Crippen molar-refractivity contribution in [3.05, 3.63) is 32.8 Å². The van der Waals surface area contributed by atoms with Gasteiger partial charge < -0.3 is 0 Å². The molecule has 33 heavy (non-hydrogen) atoms. The average Bonchev–Trinajstić information content (AvgIpc) is 2.82. The van der Waals surface area contributed by atoms with Gasteiger partial charge in [0.05, 0.1) is 16.2 Å². The number of unbranched alkanes of at least 4 members (excludes halogenated alkanes) is 1. The van der Waals surface area contributed by atoms with Crippen LogP contribution in [0.1, 0.15) is 101 Å². The Hall–Kier alpha value is -2.03. The molecule has 1 fully saturated rings. The van der Waals surface area contributed by atoms with Crippen molar-refractivity contribution in [1.29, 1.82) is 0 Å². The number of hydrogen-bond acceptors (Lipinski definition) is 6. The first-order chi connectivity index (χ1) is 15.8. The van der Waals surface area contributed by atoms with E-state index in [0.717, 1.165) is 57.4 Å². The lowest BCUT2D eigenvalue weighted by Crippen LogP contribution is -2.60. The number of nitro groups is 1. The number of halogens is 1. The zero-order valence-corrected chi connectivity index (χ0v) is 20.4. The fourth-order valence-corrected chi connectivity index (χ4v) is 4.88. The molecule has 0 aromatic heterocycles. The van der Waals surface area contributed by atoms with Crippen molar-refractivity contribution in [2.24, 2.45) is 5.92 Å². The monoisotopic (exact) mass is 483 g/mol. The van der Waals surface area contributed by atoms with Gasteiger partial charge in [0.1, 0.15) is 10.6 Å². The smallest absolute Gasteiger partial charge is 0.298 e. The molecule has 1 aliphatic carbocycles. The number of carbonyl (C=O) groups is 2. The lowest BCUT2D eigenvalue weighted by molar-refractivity contribution is -1.18. The third-order valence-electron chi connectivity index (χ3n) is 6.53. The van der Waals surface area contributed by atoms with Crippen LogP contribution in [0.15, 0.2) is 12.1 Å². The van der Waals surface area contributed by atoms with Crippen LogP contribution in [-0.4, -0.2) is 33.2 Å². The summed E-state index contributed by atoms with van der Waals surface area (Å²) in [7, 11) is 0. The summed E-state index contributed by atoms with van der Waals surface area (Å²) in [6.45, 7) is 4.27. The number of quaternary nitrogens is 1. The summed E-state index contributed by atoms with van der Waals surface area (Å²) >= 11 is 6.24. The van der Waals surface area contributed by atoms with Gasteiger partial charge in [-0.1, -0.05) is 64.0 Å². The van der Waals surface area contributed by atoms with Gasteiger partial charge in [-0.3, -0.25) is 19.7 Å². The molecule has 2 rings (SSSR count). The van der Waals surface area contributed by atoms with Crippen LogP contribution in [0.3, 0.4) is 0 Å². The molecule has 0 radical (unpaired) electrons. The number of aldehydes is 1. The summed E-state index contributed by atoms with van der Waals surface area (Å²) in [5, 5.41) is 22.4. The predicted octanol–water partition coefficient (Wildman–Crippen LogP) is 6.81. The first-order valence-corrected chi connectivity index (χ1v) is 12.4. The van der Waals surface area contributed by atoms with Gasteiger partial charge in [-0.2, -0.15) is 5.21 Å². The lowest BCUT2D eigenvalue weighted by atomic mass is 9.91. The van der Waals surface area contributed by atoms with Crippen LogP contribution in [0, 0.1) is 16.0 Å². The Morgan fingerprint density at radius 3 is 2.52 bits per heavy atom. The molecule has 1 N–H and O–H groups in total. The number of amides is 1. The summed E-state index contributed by atoms with van der Waals surface area (Å²) in [6, 6.07) is 1.87. The second-order valence-electron chi connectivity index (χ2n) is 8.92. The minimum Gasteiger partial charge on any atom is -0.298 e. The minimum atomic E-state index is -1.25. The number of nitrogens with zero attached hydrogens (tertiary/aromatic N) is 2. The van der Waals surface area contributed by atoms with Gasteiger partial charge in [0.15, 0.2) is 12.3 Å². The number of benzene rings is 1. The topological polar surface area (TPSA) is 107 Å². The van der Waals surface area contributed by atoms with Crippen LogP contribution in [0.2, 0.25) is 5.02 Å². The number of nitro benzene ring substituents is 1. The molecular weight excluding hydrogens is 448 g/mol. The van der Waals surface area contributed by atoms with E-state index in [1.165, 1.54) is 6.07 Å². The van der Waals surface area contributed by atoms with Crippen molar-refractivity contribution in [2.45, 2.75) is 96.9 Å². The molecule has 0 heterocycles. The summed E-state index contributed by atoms with van der Waals surface area (Å²) in [5.41, 5.74) is -0.801. The van der Waals surface area contributed by atoms with Gasteiger partial charge in [-0.05, 0) is 31.2 Å². The second-order valence-corrected chi connectivity index (χ2v) is 9.30. The first kappa shape index (κ1) is 27.2. The highest BCUT2D eigenvalue weighted by Crippen LogP contribution is 2.37. The van der Waals surface area contributed by atoms with Crippen molar-refractivity contribution in [3.8, 4) is 5.75 Å². The van der Waals surface area contributed by atoms with Gasteiger partial charge >= 0.3 is 5.91 Å². The van der Waals surface area contributed by atoms with Crippen LogP contribution >= 0.6 is 11.6 Å². The fourth-order valence-electron chi connectivity index (χ4n) is 4.64. The molecule has 0 spiro atoms. The summed E-state index contributed by atoms with van der Waals surface area (Å²) in [4.78, 5) is 39.9. The highest BCUT2D eigenvalue weighted by molar-refractivity contribution is 6.34. The van der Waals surface area contributed by atoms with Crippen LogP contribution in [0.4, 0.5) is 5.69 Å². The SMILES string of the molecule is CCCCC(CCC)CCC(=O)[N+](O)(Oc1ccc([N+](=O)[O-])c(C=O)c1Cl)C1CCCCC1. The van der Waals surface area contributed by atoms with Crippen LogP contribution in [-0.2, 0) is 4.79 Å². The van der Waals surface area contributed by atoms with Gasteiger partial charge in [-0.25, -0.2) is 4.79 Å². The average molecular weight is 484 g/mol. The number of carbonyl (C=O) groups excluding carboxylic acids is 2. The molecule has 9 heteroatoms. The largest absolute Gasteiger partial charge is 0.388 e. The predicted molar refractivity (Wildman–Crippen MR) is 125 cm³/mol. The minimum absolute atomic E-state index is 0.123. The Balaban J connectivity index is 2.31. The first-order valence-electron chi connectivity index (χ1n) is 12.0. The molecule has 2 atom stereocenters. The lowest BCUT2D eigenvalue weighted by Gasteiger charge is -2.34. The van der Waals surface area contributed by atoms with Crippen molar-refractivity contribution >= 4 is 29.5 Å². The van der Waals surface area contributed by atoms with Gasteiger partial charge in [0, 0.05) is 18.9 Å². The van der Waals surface area contributed by atoms with E-state index in [1.807, 2.05) is 0 Å². The number of hydrogen-bond donors (Lipinski definition) is 1. The Kier molecular flexibility index (Phi) is 10.7. The Morgan fingerprint density at radius 1 is 1.24 bits per heavy atom. The molecule has 2 unspecified atom stereocenters. The van der Waals surface area contributed by atoms with E-state index in [4.69, 9.17) is 16.4 Å². The van der Waals surface area contributed by atoms with Crippen molar-refractivity contribution in [2.75, 3.05) is 0 Å².